The average molecular weight is 277 g/mol. The Bertz CT molecular complexity index is 794. The van der Waals surface area contributed by atoms with E-state index in [1.165, 1.54) is 10.8 Å². The smallest absolute Gasteiger partial charge is 0.132 e. The molecular weight excluding hydrogens is 258 g/mol. The molecule has 21 heavy (non-hydrogen) atoms. The number of anilines is 1. The third-order valence-electron chi connectivity index (χ3n) is 3.77. The van der Waals surface area contributed by atoms with Gasteiger partial charge in [-0.1, -0.05) is 43.3 Å². The van der Waals surface area contributed by atoms with Gasteiger partial charge >= 0.3 is 0 Å². The topological polar surface area (TPSA) is 37.8 Å². The van der Waals surface area contributed by atoms with Crippen molar-refractivity contribution in [3.63, 3.8) is 0 Å². The Morgan fingerprint density at radius 3 is 2.48 bits per heavy atom. The molecule has 0 fully saturated rings. The van der Waals surface area contributed by atoms with E-state index in [0.717, 1.165) is 34.9 Å². The largest absolute Gasteiger partial charge is 0.373 e. The zero-order chi connectivity index (χ0) is 14.8. The second kappa shape index (κ2) is 5.52. The molecule has 3 nitrogen and oxygen atoms in total. The normalized spacial score (nSPS) is 10.8. The highest BCUT2D eigenvalue weighted by Crippen LogP contribution is 2.28. The Kier molecular flexibility index (Phi) is 3.57. The van der Waals surface area contributed by atoms with E-state index in [9.17, 15) is 0 Å². The van der Waals surface area contributed by atoms with Crippen LogP contribution in [0.3, 0.4) is 0 Å². The number of hydrogen-bond donors (Lipinski definition) is 1. The summed E-state index contributed by atoms with van der Waals surface area (Å²) in [4.78, 5) is 9.26. The Balaban J connectivity index is 2.21. The van der Waals surface area contributed by atoms with Crippen molar-refractivity contribution in [3.8, 4) is 11.3 Å². The lowest BCUT2D eigenvalue weighted by Gasteiger charge is -2.12. The van der Waals surface area contributed by atoms with Crippen molar-refractivity contribution < 1.29 is 0 Å². The maximum absolute atomic E-state index is 4.73. The summed E-state index contributed by atoms with van der Waals surface area (Å²) in [5, 5.41) is 5.65. The SMILES string of the molecule is CCc1nc(NC)c(C)c(-c2ccc3ccccc3c2)n1. The van der Waals surface area contributed by atoms with E-state index in [1.54, 1.807) is 0 Å². The van der Waals surface area contributed by atoms with Gasteiger partial charge in [0.1, 0.15) is 11.6 Å². The van der Waals surface area contributed by atoms with Crippen LogP contribution in [0.15, 0.2) is 42.5 Å². The van der Waals surface area contributed by atoms with E-state index < -0.39 is 0 Å². The van der Waals surface area contributed by atoms with Gasteiger partial charge in [-0.05, 0) is 23.8 Å². The quantitative estimate of drug-likeness (QED) is 0.779. The molecule has 3 aromatic rings. The molecule has 106 valence electrons. The maximum atomic E-state index is 4.73. The predicted molar refractivity (Wildman–Crippen MR) is 88.6 cm³/mol. The zero-order valence-corrected chi connectivity index (χ0v) is 12.6. The first kappa shape index (κ1) is 13.6. The fraction of sp³-hybridized carbons (Fsp3) is 0.222. The lowest BCUT2D eigenvalue weighted by Crippen LogP contribution is -2.04. The highest BCUT2D eigenvalue weighted by molar-refractivity contribution is 5.87. The molecule has 0 atom stereocenters. The standard InChI is InChI=1S/C18H19N3/c1-4-16-20-17(12(2)18(19-3)21-16)15-10-9-13-7-5-6-8-14(13)11-15/h5-11H,4H2,1-3H3,(H,19,20,21). The highest BCUT2D eigenvalue weighted by atomic mass is 15.0. The summed E-state index contributed by atoms with van der Waals surface area (Å²) < 4.78 is 0. The number of fused-ring (bicyclic) bond motifs is 1. The number of rotatable bonds is 3. The van der Waals surface area contributed by atoms with Crippen LogP contribution in [0.5, 0.6) is 0 Å². The van der Waals surface area contributed by atoms with Gasteiger partial charge in [0.25, 0.3) is 0 Å². The van der Waals surface area contributed by atoms with Gasteiger partial charge in [0.2, 0.25) is 0 Å². The second-order valence-electron chi connectivity index (χ2n) is 5.13. The molecule has 0 amide bonds. The molecule has 2 aromatic carbocycles. The lowest BCUT2D eigenvalue weighted by molar-refractivity contribution is 0.936. The molecule has 0 aliphatic rings. The van der Waals surface area contributed by atoms with Crippen molar-refractivity contribution in [1.82, 2.24) is 9.97 Å². The maximum Gasteiger partial charge on any atom is 0.132 e. The van der Waals surface area contributed by atoms with E-state index in [0.29, 0.717) is 0 Å². The summed E-state index contributed by atoms with van der Waals surface area (Å²) in [6, 6.07) is 14.9. The monoisotopic (exact) mass is 277 g/mol. The predicted octanol–water partition coefficient (Wildman–Crippen LogP) is 4.21. The number of aromatic nitrogens is 2. The fourth-order valence-corrected chi connectivity index (χ4v) is 2.58. The molecule has 0 bridgehead atoms. The zero-order valence-electron chi connectivity index (χ0n) is 12.6. The van der Waals surface area contributed by atoms with Crippen LogP contribution in [0.1, 0.15) is 18.3 Å². The summed E-state index contributed by atoms with van der Waals surface area (Å²) in [5.41, 5.74) is 3.24. The van der Waals surface area contributed by atoms with Crippen molar-refractivity contribution in [2.75, 3.05) is 12.4 Å². The van der Waals surface area contributed by atoms with Crippen LogP contribution in [0.4, 0.5) is 5.82 Å². The first-order valence-electron chi connectivity index (χ1n) is 7.27. The Hall–Kier alpha value is -2.42. The Morgan fingerprint density at radius 1 is 1.00 bits per heavy atom. The summed E-state index contributed by atoms with van der Waals surface area (Å²) in [6.07, 6.45) is 0.829. The molecule has 0 radical (unpaired) electrons. The fourth-order valence-electron chi connectivity index (χ4n) is 2.58. The minimum Gasteiger partial charge on any atom is -0.373 e. The number of hydrogen-bond acceptors (Lipinski definition) is 3. The summed E-state index contributed by atoms with van der Waals surface area (Å²) in [6.45, 7) is 4.14. The van der Waals surface area contributed by atoms with Crippen LogP contribution < -0.4 is 5.32 Å². The summed E-state index contributed by atoms with van der Waals surface area (Å²) in [7, 11) is 1.90. The van der Waals surface area contributed by atoms with Crippen LogP contribution in [0.25, 0.3) is 22.0 Å². The minimum absolute atomic E-state index is 0.829. The van der Waals surface area contributed by atoms with Crippen molar-refractivity contribution in [2.24, 2.45) is 0 Å². The van der Waals surface area contributed by atoms with Gasteiger partial charge in [0.15, 0.2) is 0 Å². The molecule has 1 N–H and O–H groups in total. The number of nitrogens with one attached hydrogen (secondary N) is 1. The third kappa shape index (κ3) is 2.47. The molecule has 3 rings (SSSR count). The number of nitrogens with zero attached hydrogens (tertiary/aromatic N) is 2. The third-order valence-corrected chi connectivity index (χ3v) is 3.77. The van der Waals surface area contributed by atoms with E-state index in [2.05, 4.69) is 66.6 Å². The molecule has 3 heteroatoms. The molecule has 0 saturated heterocycles. The van der Waals surface area contributed by atoms with E-state index in [1.807, 2.05) is 7.05 Å². The van der Waals surface area contributed by atoms with Crippen molar-refractivity contribution >= 4 is 16.6 Å². The number of benzene rings is 2. The van der Waals surface area contributed by atoms with Gasteiger partial charge in [-0.2, -0.15) is 0 Å². The first-order chi connectivity index (χ1) is 10.2. The van der Waals surface area contributed by atoms with Crippen LogP contribution in [0.2, 0.25) is 0 Å². The molecule has 1 heterocycles. The summed E-state index contributed by atoms with van der Waals surface area (Å²) in [5.74, 6) is 1.78. The number of aryl methyl sites for hydroxylation is 1. The summed E-state index contributed by atoms with van der Waals surface area (Å²) >= 11 is 0. The van der Waals surface area contributed by atoms with Gasteiger partial charge in [-0.3, -0.25) is 0 Å². The van der Waals surface area contributed by atoms with Crippen LogP contribution in [0, 0.1) is 6.92 Å². The Labute approximate surface area is 125 Å². The molecule has 1 aromatic heterocycles. The van der Waals surface area contributed by atoms with Crippen LogP contribution >= 0.6 is 0 Å². The minimum atomic E-state index is 0.829. The highest BCUT2D eigenvalue weighted by Gasteiger charge is 2.11. The second-order valence-corrected chi connectivity index (χ2v) is 5.13. The molecule has 0 aliphatic heterocycles. The Morgan fingerprint density at radius 2 is 1.76 bits per heavy atom. The molecule has 0 aliphatic carbocycles. The van der Waals surface area contributed by atoms with E-state index >= 15 is 0 Å². The molecule has 0 unspecified atom stereocenters. The molecular formula is C18H19N3. The van der Waals surface area contributed by atoms with E-state index in [4.69, 9.17) is 4.98 Å². The molecule has 0 spiro atoms. The van der Waals surface area contributed by atoms with Gasteiger partial charge in [0.05, 0.1) is 5.69 Å². The lowest BCUT2D eigenvalue weighted by atomic mass is 10.0. The van der Waals surface area contributed by atoms with Crippen LogP contribution in [-0.2, 0) is 6.42 Å². The van der Waals surface area contributed by atoms with Gasteiger partial charge < -0.3 is 5.32 Å². The average Bonchev–Trinajstić information content (AvgIpc) is 2.54. The molecule has 0 saturated carbocycles. The van der Waals surface area contributed by atoms with Gasteiger partial charge in [-0.25, -0.2) is 9.97 Å². The van der Waals surface area contributed by atoms with Gasteiger partial charge in [-0.15, -0.1) is 0 Å². The van der Waals surface area contributed by atoms with E-state index in [-0.39, 0.29) is 0 Å². The first-order valence-corrected chi connectivity index (χ1v) is 7.27. The van der Waals surface area contributed by atoms with Crippen LogP contribution in [-0.4, -0.2) is 17.0 Å². The van der Waals surface area contributed by atoms with Crippen molar-refractivity contribution in [3.05, 3.63) is 53.9 Å². The van der Waals surface area contributed by atoms with Crippen molar-refractivity contribution in [2.45, 2.75) is 20.3 Å². The van der Waals surface area contributed by atoms with Crippen molar-refractivity contribution in [1.29, 1.82) is 0 Å². The van der Waals surface area contributed by atoms with Gasteiger partial charge in [0, 0.05) is 24.6 Å².